The first-order valence-electron chi connectivity index (χ1n) is 9.17. The number of nitrogens with one attached hydrogen (secondary N) is 1. The van der Waals surface area contributed by atoms with Gasteiger partial charge in [-0.1, -0.05) is 6.42 Å². The molecule has 1 aromatic carbocycles. The van der Waals surface area contributed by atoms with E-state index < -0.39 is 15.8 Å². The van der Waals surface area contributed by atoms with Gasteiger partial charge >= 0.3 is 0 Å². The zero-order valence-electron chi connectivity index (χ0n) is 14.7. The minimum absolute atomic E-state index is 0.0208. The van der Waals surface area contributed by atoms with Crippen LogP contribution in [0.3, 0.4) is 0 Å². The Balaban J connectivity index is 1.55. The summed E-state index contributed by atoms with van der Waals surface area (Å²) in [6, 6.07) is 4.55. The molecule has 1 amide bonds. The van der Waals surface area contributed by atoms with E-state index in [4.69, 9.17) is 5.73 Å². The highest BCUT2D eigenvalue weighted by atomic mass is 32.2. The molecule has 6 nitrogen and oxygen atoms in total. The summed E-state index contributed by atoms with van der Waals surface area (Å²) < 4.78 is 40.4. The molecule has 0 bridgehead atoms. The summed E-state index contributed by atoms with van der Waals surface area (Å²) in [4.78, 5) is 14.6. The molecule has 144 valence electrons. The number of likely N-dealkylation sites (tertiary alicyclic amines) is 1. The molecule has 0 radical (unpaired) electrons. The van der Waals surface area contributed by atoms with Crippen LogP contribution in [-0.2, 0) is 14.8 Å². The minimum Gasteiger partial charge on any atom is -0.342 e. The Morgan fingerprint density at radius 3 is 2.42 bits per heavy atom. The minimum atomic E-state index is -3.68. The third-order valence-electron chi connectivity index (χ3n) is 5.53. The molecule has 1 heterocycles. The summed E-state index contributed by atoms with van der Waals surface area (Å²) in [5, 5.41) is 0. The molecule has 1 saturated carbocycles. The maximum Gasteiger partial charge on any atom is 0.240 e. The van der Waals surface area contributed by atoms with E-state index in [2.05, 4.69) is 4.72 Å². The fraction of sp³-hybridized carbons (Fsp3) is 0.611. The van der Waals surface area contributed by atoms with Crippen LogP contribution in [0.4, 0.5) is 4.39 Å². The van der Waals surface area contributed by atoms with Crippen molar-refractivity contribution in [3.05, 3.63) is 30.1 Å². The Morgan fingerprint density at radius 2 is 1.81 bits per heavy atom. The lowest BCUT2D eigenvalue weighted by Gasteiger charge is -2.34. The van der Waals surface area contributed by atoms with Gasteiger partial charge in [0.15, 0.2) is 0 Å². The lowest BCUT2D eigenvalue weighted by atomic mass is 9.93. The van der Waals surface area contributed by atoms with E-state index in [1.807, 2.05) is 4.90 Å². The molecular weight excluding hydrogens is 357 g/mol. The zero-order valence-corrected chi connectivity index (χ0v) is 15.6. The first-order valence-corrected chi connectivity index (χ1v) is 10.7. The van der Waals surface area contributed by atoms with Crippen LogP contribution in [-0.4, -0.2) is 44.9 Å². The molecule has 3 rings (SSSR count). The number of piperidine rings is 1. The number of nitrogens with two attached hydrogens (primary N) is 1. The second kappa shape index (κ2) is 8.02. The van der Waals surface area contributed by atoms with E-state index in [0.29, 0.717) is 32.5 Å². The second-order valence-corrected chi connectivity index (χ2v) is 8.92. The Labute approximate surface area is 154 Å². The molecule has 2 aliphatic rings. The summed E-state index contributed by atoms with van der Waals surface area (Å²) in [6.07, 6.45) is 4.11. The van der Waals surface area contributed by atoms with Gasteiger partial charge in [0.05, 0.1) is 4.90 Å². The Kier molecular flexibility index (Phi) is 5.94. The molecule has 1 saturated heterocycles. The first kappa shape index (κ1) is 19.3. The average Bonchev–Trinajstić information content (AvgIpc) is 3.10. The fourth-order valence-corrected chi connectivity index (χ4v) is 5.30. The van der Waals surface area contributed by atoms with Gasteiger partial charge in [-0.25, -0.2) is 17.5 Å². The molecule has 0 unspecified atom stereocenters. The predicted octanol–water partition coefficient (Wildman–Crippen LogP) is 1.47. The summed E-state index contributed by atoms with van der Waals surface area (Å²) in [7, 11) is -3.68. The fourth-order valence-electron chi connectivity index (χ4n) is 4.00. The summed E-state index contributed by atoms with van der Waals surface area (Å²) in [5.74, 6) is -0.0130. The van der Waals surface area contributed by atoms with Crippen molar-refractivity contribution in [1.29, 1.82) is 0 Å². The predicted molar refractivity (Wildman–Crippen MR) is 96.2 cm³/mol. The number of hydrogen-bond acceptors (Lipinski definition) is 4. The zero-order chi connectivity index (χ0) is 18.7. The van der Waals surface area contributed by atoms with Gasteiger partial charge in [0.2, 0.25) is 15.9 Å². The van der Waals surface area contributed by atoms with Crippen LogP contribution >= 0.6 is 0 Å². The highest BCUT2D eigenvalue weighted by molar-refractivity contribution is 7.89. The second-order valence-electron chi connectivity index (χ2n) is 7.21. The van der Waals surface area contributed by atoms with Gasteiger partial charge in [-0.3, -0.25) is 4.79 Å². The Morgan fingerprint density at radius 1 is 1.15 bits per heavy atom. The molecule has 0 spiro atoms. The number of rotatable bonds is 5. The van der Waals surface area contributed by atoms with E-state index >= 15 is 0 Å². The molecule has 8 heteroatoms. The normalized spacial score (nSPS) is 24.8. The van der Waals surface area contributed by atoms with Crippen LogP contribution < -0.4 is 10.5 Å². The highest BCUT2D eigenvalue weighted by Crippen LogP contribution is 2.33. The van der Waals surface area contributed by atoms with Crippen LogP contribution in [0.2, 0.25) is 0 Å². The molecule has 2 fully saturated rings. The molecule has 1 aliphatic heterocycles. The van der Waals surface area contributed by atoms with Crippen LogP contribution in [0.5, 0.6) is 0 Å². The third kappa shape index (κ3) is 4.24. The van der Waals surface area contributed by atoms with Crippen LogP contribution in [0.1, 0.15) is 32.1 Å². The summed E-state index contributed by atoms with van der Waals surface area (Å²) in [5.41, 5.74) is 5.78. The number of nitrogens with zero attached hydrogens (tertiary/aromatic N) is 1. The number of hydrogen-bond donors (Lipinski definition) is 2. The van der Waals surface area contributed by atoms with Gasteiger partial charge < -0.3 is 10.6 Å². The quantitative estimate of drug-likeness (QED) is 0.805. The number of carbonyl (C=O) groups is 1. The van der Waals surface area contributed by atoms with Crippen molar-refractivity contribution in [2.75, 3.05) is 19.6 Å². The van der Waals surface area contributed by atoms with Gasteiger partial charge in [-0.15, -0.1) is 0 Å². The maximum absolute atomic E-state index is 13.0. The van der Waals surface area contributed by atoms with Crippen molar-refractivity contribution in [3.63, 3.8) is 0 Å². The topological polar surface area (TPSA) is 92.5 Å². The van der Waals surface area contributed by atoms with Crippen molar-refractivity contribution >= 4 is 15.9 Å². The maximum atomic E-state index is 13.0. The van der Waals surface area contributed by atoms with E-state index in [9.17, 15) is 17.6 Å². The van der Waals surface area contributed by atoms with Gasteiger partial charge in [0.25, 0.3) is 0 Å². The number of amides is 1. The Hall–Kier alpha value is -1.51. The van der Waals surface area contributed by atoms with Crippen molar-refractivity contribution in [2.24, 2.45) is 17.6 Å². The number of carbonyl (C=O) groups excluding carboxylic acids is 1. The molecule has 0 aromatic heterocycles. The SMILES string of the molecule is NC[C@H]1CCC[C@H]1C(=O)N1CCC(NS(=O)(=O)c2ccc(F)cc2)CC1. The standard InChI is InChI=1S/C18H26FN3O3S/c19-14-4-6-16(7-5-14)26(24,25)21-15-8-10-22(11-9-15)18(23)17-3-1-2-13(17)12-20/h4-7,13,15,17,21H,1-3,8-12,20H2/t13-,17-/m1/s1. The lowest BCUT2D eigenvalue weighted by molar-refractivity contribution is -0.137. The van der Waals surface area contributed by atoms with E-state index in [-0.39, 0.29) is 28.7 Å². The van der Waals surface area contributed by atoms with Gasteiger partial charge in [-0.2, -0.15) is 0 Å². The van der Waals surface area contributed by atoms with E-state index in [1.165, 1.54) is 12.1 Å². The number of benzene rings is 1. The average molecular weight is 383 g/mol. The third-order valence-corrected chi connectivity index (χ3v) is 7.07. The van der Waals surface area contributed by atoms with Crippen LogP contribution in [0.15, 0.2) is 29.2 Å². The smallest absolute Gasteiger partial charge is 0.240 e. The van der Waals surface area contributed by atoms with E-state index in [1.54, 1.807) is 0 Å². The lowest BCUT2D eigenvalue weighted by Crippen LogP contribution is -2.48. The summed E-state index contributed by atoms with van der Waals surface area (Å²) in [6.45, 7) is 1.64. The van der Waals surface area contributed by atoms with Crippen molar-refractivity contribution in [1.82, 2.24) is 9.62 Å². The highest BCUT2D eigenvalue weighted by Gasteiger charge is 2.36. The van der Waals surface area contributed by atoms with Gasteiger partial charge in [-0.05, 0) is 62.4 Å². The van der Waals surface area contributed by atoms with E-state index in [0.717, 1.165) is 31.4 Å². The van der Waals surface area contributed by atoms with Crippen molar-refractivity contribution < 1.29 is 17.6 Å². The summed E-state index contributed by atoms with van der Waals surface area (Å²) >= 11 is 0. The number of sulfonamides is 1. The van der Waals surface area contributed by atoms with Crippen molar-refractivity contribution in [2.45, 2.75) is 43.0 Å². The monoisotopic (exact) mass is 383 g/mol. The van der Waals surface area contributed by atoms with Gasteiger partial charge in [0, 0.05) is 25.0 Å². The molecular formula is C18H26FN3O3S. The molecule has 1 aliphatic carbocycles. The first-order chi connectivity index (χ1) is 12.4. The van der Waals surface area contributed by atoms with Crippen molar-refractivity contribution in [3.8, 4) is 0 Å². The van der Waals surface area contributed by atoms with Crippen LogP contribution in [0, 0.1) is 17.7 Å². The molecule has 1 aromatic rings. The van der Waals surface area contributed by atoms with Gasteiger partial charge in [0.1, 0.15) is 5.82 Å². The largest absolute Gasteiger partial charge is 0.342 e. The van der Waals surface area contributed by atoms with Crippen LogP contribution in [0.25, 0.3) is 0 Å². The molecule has 2 atom stereocenters. The Bertz CT molecular complexity index is 731. The molecule has 26 heavy (non-hydrogen) atoms. The number of halogens is 1. The molecule has 3 N–H and O–H groups in total.